The summed E-state index contributed by atoms with van der Waals surface area (Å²) in [5.74, 6) is -0.115. The number of thiophene rings is 1. The van der Waals surface area contributed by atoms with Crippen molar-refractivity contribution in [1.29, 1.82) is 0 Å². The average Bonchev–Trinajstić information content (AvgIpc) is 3.07. The molecule has 4 nitrogen and oxygen atoms in total. The molecule has 0 spiro atoms. The van der Waals surface area contributed by atoms with Gasteiger partial charge in [-0.3, -0.25) is 9.69 Å². The van der Waals surface area contributed by atoms with E-state index in [9.17, 15) is 4.79 Å². The minimum atomic E-state index is -0.115. The fourth-order valence-corrected chi connectivity index (χ4v) is 4.89. The topological polar surface area (TPSA) is 41.6 Å². The number of carbonyl (C=O) groups is 1. The van der Waals surface area contributed by atoms with Gasteiger partial charge in [0.1, 0.15) is 4.88 Å². The van der Waals surface area contributed by atoms with E-state index in [0.29, 0.717) is 16.4 Å². The highest BCUT2D eigenvalue weighted by molar-refractivity contribution is 7.21. The fraction of sp³-hybridized carbons (Fsp3) is 0.286. The van der Waals surface area contributed by atoms with E-state index in [0.717, 1.165) is 36.4 Å². The van der Waals surface area contributed by atoms with Crippen molar-refractivity contribution in [2.75, 3.05) is 32.8 Å². The minimum absolute atomic E-state index is 0.115. The van der Waals surface area contributed by atoms with Crippen molar-refractivity contribution in [2.24, 2.45) is 0 Å². The van der Waals surface area contributed by atoms with E-state index < -0.39 is 0 Å². The molecule has 0 radical (unpaired) electrons. The SMILES string of the molecule is O=C(NCC(c1ccccc1)N1CCOCC1)c1sc2ccccc2c1Cl. The van der Waals surface area contributed by atoms with Crippen molar-refractivity contribution in [3.63, 3.8) is 0 Å². The van der Waals surface area contributed by atoms with Crippen LogP contribution in [0.1, 0.15) is 21.3 Å². The maximum atomic E-state index is 12.8. The molecule has 2 aromatic carbocycles. The standard InChI is InChI=1S/C21H21ClN2O2S/c22-19-16-8-4-5-9-18(16)27-20(19)21(25)23-14-17(15-6-2-1-3-7-15)24-10-12-26-13-11-24/h1-9,17H,10-14H2,(H,23,25). The van der Waals surface area contributed by atoms with Crippen molar-refractivity contribution in [3.8, 4) is 0 Å². The molecular formula is C21H21ClN2O2S. The van der Waals surface area contributed by atoms with Crippen LogP contribution in [0.4, 0.5) is 0 Å². The first-order valence-corrected chi connectivity index (χ1v) is 10.3. The maximum Gasteiger partial charge on any atom is 0.262 e. The minimum Gasteiger partial charge on any atom is -0.379 e. The zero-order valence-corrected chi connectivity index (χ0v) is 16.4. The van der Waals surface area contributed by atoms with Gasteiger partial charge in [0.15, 0.2) is 0 Å². The first-order chi connectivity index (χ1) is 13.2. The fourth-order valence-electron chi connectivity index (χ4n) is 3.45. The molecule has 1 aliphatic rings. The van der Waals surface area contributed by atoms with Gasteiger partial charge in [-0.25, -0.2) is 0 Å². The monoisotopic (exact) mass is 400 g/mol. The van der Waals surface area contributed by atoms with Gasteiger partial charge in [-0.1, -0.05) is 60.1 Å². The quantitative estimate of drug-likeness (QED) is 0.691. The van der Waals surface area contributed by atoms with Crippen LogP contribution in [0.3, 0.4) is 0 Å². The Labute approximate surface area is 167 Å². The Balaban J connectivity index is 1.52. The number of morpholine rings is 1. The molecule has 1 aliphatic heterocycles. The number of nitrogens with one attached hydrogen (secondary N) is 1. The van der Waals surface area contributed by atoms with Crippen molar-refractivity contribution in [2.45, 2.75) is 6.04 Å². The molecule has 0 saturated carbocycles. The first-order valence-electron chi connectivity index (χ1n) is 9.06. The highest BCUT2D eigenvalue weighted by atomic mass is 35.5. The van der Waals surface area contributed by atoms with E-state index in [-0.39, 0.29) is 11.9 Å². The van der Waals surface area contributed by atoms with Crippen LogP contribution >= 0.6 is 22.9 Å². The molecule has 1 aromatic heterocycles. The van der Waals surface area contributed by atoms with Crippen molar-refractivity contribution < 1.29 is 9.53 Å². The molecule has 140 valence electrons. The Hall–Kier alpha value is -1.92. The third kappa shape index (κ3) is 4.01. The lowest BCUT2D eigenvalue weighted by atomic mass is 10.0. The van der Waals surface area contributed by atoms with Gasteiger partial charge in [0, 0.05) is 29.7 Å². The normalized spacial score (nSPS) is 16.3. The number of hydrogen-bond donors (Lipinski definition) is 1. The molecule has 1 atom stereocenters. The van der Waals surface area contributed by atoms with Gasteiger partial charge in [-0.15, -0.1) is 11.3 Å². The first kappa shape index (κ1) is 18.4. The molecule has 3 aromatic rings. The molecule has 27 heavy (non-hydrogen) atoms. The van der Waals surface area contributed by atoms with E-state index in [2.05, 4.69) is 22.3 Å². The molecule has 1 fully saturated rings. The highest BCUT2D eigenvalue weighted by Crippen LogP contribution is 2.35. The summed E-state index contributed by atoms with van der Waals surface area (Å²) in [5, 5.41) is 4.57. The zero-order chi connectivity index (χ0) is 18.6. The number of ether oxygens (including phenoxy) is 1. The summed E-state index contributed by atoms with van der Waals surface area (Å²) in [7, 11) is 0. The van der Waals surface area contributed by atoms with Gasteiger partial charge in [0.2, 0.25) is 0 Å². The summed E-state index contributed by atoms with van der Waals surface area (Å²) in [4.78, 5) is 15.8. The number of fused-ring (bicyclic) bond motifs is 1. The smallest absolute Gasteiger partial charge is 0.262 e. The van der Waals surface area contributed by atoms with E-state index in [1.807, 2.05) is 42.5 Å². The average molecular weight is 401 g/mol. The van der Waals surface area contributed by atoms with Crippen molar-refractivity contribution in [1.82, 2.24) is 10.2 Å². The third-order valence-electron chi connectivity index (χ3n) is 4.87. The molecule has 4 rings (SSSR count). The molecule has 0 bridgehead atoms. The lowest BCUT2D eigenvalue weighted by molar-refractivity contribution is 0.0162. The summed E-state index contributed by atoms with van der Waals surface area (Å²) in [6, 6.07) is 18.3. The van der Waals surface area contributed by atoms with Crippen LogP contribution in [-0.4, -0.2) is 43.7 Å². The van der Waals surface area contributed by atoms with Crippen molar-refractivity contribution >= 4 is 38.9 Å². The summed E-state index contributed by atoms with van der Waals surface area (Å²) in [6.07, 6.45) is 0. The van der Waals surface area contributed by atoms with Crippen LogP contribution in [0.5, 0.6) is 0 Å². The van der Waals surface area contributed by atoms with Crippen LogP contribution < -0.4 is 5.32 Å². The highest BCUT2D eigenvalue weighted by Gasteiger charge is 2.24. The molecular weight excluding hydrogens is 380 g/mol. The number of carbonyl (C=O) groups excluding carboxylic acids is 1. The number of rotatable bonds is 5. The maximum absolute atomic E-state index is 12.8. The second kappa shape index (κ2) is 8.40. The van der Waals surface area contributed by atoms with Crippen molar-refractivity contribution in [3.05, 3.63) is 70.1 Å². The van der Waals surface area contributed by atoms with E-state index in [1.165, 1.54) is 16.9 Å². The Morgan fingerprint density at radius 1 is 1.11 bits per heavy atom. The summed E-state index contributed by atoms with van der Waals surface area (Å²) in [6.45, 7) is 3.70. The molecule has 1 unspecified atom stereocenters. The molecule has 1 N–H and O–H groups in total. The molecule has 0 aliphatic carbocycles. The predicted molar refractivity (Wildman–Crippen MR) is 111 cm³/mol. The van der Waals surface area contributed by atoms with E-state index in [4.69, 9.17) is 16.3 Å². The summed E-state index contributed by atoms with van der Waals surface area (Å²) < 4.78 is 6.51. The number of benzene rings is 2. The predicted octanol–water partition coefficient (Wildman–Crippen LogP) is 4.36. The largest absolute Gasteiger partial charge is 0.379 e. The van der Waals surface area contributed by atoms with E-state index in [1.54, 1.807) is 0 Å². The van der Waals surface area contributed by atoms with Gasteiger partial charge >= 0.3 is 0 Å². The molecule has 1 saturated heterocycles. The Bertz CT molecular complexity index is 922. The second-order valence-electron chi connectivity index (χ2n) is 6.53. The van der Waals surface area contributed by atoms with Crippen LogP contribution in [0, 0.1) is 0 Å². The number of nitrogens with zero attached hydrogens (tertiary/aromatic N) is 1. The lowest BCUT2D eigenvalue weighted by Crippen LogP contribution is -2.43. The zero-order valence-electron chi connectivity index (χ0n) is 14.9. The molecule has 6 heteroatoms. The van der Waals surface area contributed by atoms with Gasteiger partial charge in [0.25, 0.3) is 5.91 Å². The van der Waals surface area contributed by atoms with Crippen LogP contribution in [0.25, 0.3) is 10.1 Å². The summed E-state index contributed by atoms with van der Waals surface area (Å²) >= 11 is 7.89. The molecule has 1 amide bonds. The Kier molecular flexibility index (Phi) is 5.74. The number of halogens is 1. The molecule has 2 heterocycles. The van der Waals surface area contributed by atoms with Crippen LogP contribution in [0.15, 0.2) is 54.6 Å². The van der Waals surface area contributed by atoms with Crippen LogP contribution in [-0.2, 0) is 4.74 Å². The number of hydrogen-bond acceptors (Lipinski definition) is 4. The van der Waals surface area contributed by atoms with Gasteiger partial charge in [0.05, 0.1) is 24.3 Å². The third-order valence-corrected chi connectivity index (χ3v) is 6.54. The van der Waals surface area contributed by atoms with Gasteiger partial charge < -0.3 is 10.1 Å². The summed E-state index contributed by atoms with van der Waals surface area (Å²) in [5.41, 5.74) is 1.20. The van der Waals surface area contributed by atoms with Crippen LogP contribution in [0.2, 0.25) is 5.02 Å². The van der Waals surface area contributed by atoms with Gasteiger partial charge in [-0.2, -0.15) is 0 Å². The second-order valence-corrected chi connectivity index (χ2v) is 7.96. The number of amides is 1. The Morgan fingerprint density at radius 3 is 2.56 bits per heavy atom. The van der Waals surface area contributed by atoms with E-state index >= 15 is 0 Å². The Morgan fingerprint density at radius 2 is 1.81 bits per heavy atom. The lowest BCUT2D eigenvalue weighted by Gasteiger charge is -2.34. The van der Waals surface area contributed by atoms with Gasteiger partial charge in [-0.05, 0) is 11.6 Å².